The van der Waals surface area contributed by atoms with Crippen LogP contribution in [0.15, 0.2) is 22.7 Å². The van der Waals surface area contributed by atoms with Gasteiger partial charge in [-0.1, -0.05) is 34.1 Å². The molecule has 1 aliphatic heterocycles. The van der Waals surface area contributed by atoms with Crippen molar-refractivity contribution in [3.8, 4) is 0 Å². The molecule has 0 unspecified atom stereocenters. The molecule has 0 bridgehead atoms. The van der Waals surface area contributed by atoms with Gasteiger partial charge in [-0.05, 0) is 35.4 Å². The van der Waals surface area contributed by atoms with Gasteiger partial charge in [0.2, 0.25) is 0 Å². The minimum Gasteiger partial charge on any atom is -0.348 e. The third-order valence-corrected chi connectivity index (χ3v) is 5.18. The maximum atomic E-state index is 5.82. The summed E-state index contributed by atoms with van der Waals surface area (Å²) in [6.45, 7) is 1.52. The van der Waals surface area contributed by atoms with Crippen molar-refractivity contribution in [3.63, 3.8) is 0 Å². The Labute approximate surface area is 121 Å². The van der Waals surface area contributed by atoms with E-state index in [0.29, 0.717) is 0 Å². The molecule has 19 heavy (non-hydrogen) atoms. The molecule has 4 rings (SSSR count). The molecular weight excluding hydrogens is 304 g/mol. The van der Waals surface area contributed by atoms with Crippen molar-refractivity contribution < 1.29 is 9.47 Å². The number of hydrogen-bond donors (Lipinski definition) is 0. The number of fused-ring (bicyclic) bond motifs is 1. The summed E-state index contributed by atoms with van der Waals surface area (Å²) in [5.41, 5.74) is 0.226. The van der Waals surface area contributed by atoms with E-state index in [1.165, 1.54) is 10.4 Å². The second kappa shape index (κ2) is 4.18. The fourth-order valence-electron chi connectivity index (χ4n) is 3.63. The highest BCUT2D eigenvalue weighted by Gasteiger charge is 2.45. The number of benzene rings is 1. The van der Waals surface area contributed by atoms with Crippen LogP contribution >= 0.6 is 15.9 Å². The van der Waals surface area contributed by atoms with Gasteiger partial charge in [0.15, 0.2) is 5.79 Å². The van der Waals surface area contributed by atoms with E-state index in [1.807, 2.05) is 0 Å². The third-order valence-electron chi connectivity index (χ3n) is 4.69. The quantitative estimate of drug-likeness (QED) is 0.730. The number of rotatable bonds is 0. The van der Waals surface area contributed by atoms with Crippen LogP contribution in [0.25, 0.3) is 12.2 Å². The van der Waals surface area contributed by atoms with E-state index in [4.69, 9.17) is 9.47 Å². The zero-order valence-electron chi connectivity index (χ0n) is 10.8. The Balaban J connectivity index is 1.64. The highest BCUT2D eigenvalue weighted by atomic mass is 79.9. The summed E-state index contributed by atoms with van der Waals surface area (Å²) < 4.78 is 12.8. The minimum absolute atomic E-state index is 0.226. The zero-order valence-corrected chi connectivity index (χ0v) is 12.4. The molecule has 2 aliphatic carbocycles. The van der Waals surface area contributed by atoms with Gasteiger partial charge in [0.25, 0.3) is 0 Å². The monoisotopic (exact) mass is 320 g/mol. The Hall–Kier alpha value is -0.640. The summed E-state index contributed by atoms with van der Waals surface area (Å²) in [6.07, 6.45) is 9.15. The summed E-state index contributed by atoms with van der Waals surface area (Å²) in [6, 6.07) is 6.54. The van der Waals surface area contributed by atoms with Crippen LogP contribution < -0.4 is 10.4 Å². The average molecular weight is 321 g/mol. The second-order valence-corrected chi connectivity index (χ2v) is 6.82. The van der Waals surface area contributed by atoms with E-state index in [9.17, 15) is 0 Å². The zero-order chi connectivity index (χ0) is 12.9. The molecule has 1 aromatic rings. The van der Waals surface area contributed by atoms with E-state index in [1.54, 1.807) is 0 Å². The molecule has 0 aromatic heterocycles. The molecule has 3 aliphatic rings. The molecule has 2 fully saturated rings. The van der Waals surface area contributed by atoms with Crippen LogP contribution in [0.3, 0.4) is 0 Å². The molecule has 2 spiro atoms. The fraction of sp³-hybridized carbons (Fsp3) is 0.500. The van der Waals surface area contributed by atoms with Crippen molar-refractivity contribution >= 4 is 28.1 Å². The van der Waals surface area contributed by atoms with Crippen molar-refractivity contribution in [2.24, 2.45) is 5.41 Å². The van der Waals surface area contributed by atoms with Gasteiger partial charge >= 0.3 is 0 Å². The van der Waals surface area contributed by atoms with Gasteiger partial charge in [0, 0.05) is 22.7 Å². The predicted molar refractivity (Wildman–Crippen MR) is 77.9 cm³/mol. The molecule has 3 heteroatoms. The van der Waals surface area contributed by atoms with Gasteiger partial charge in [-0.15, -0.1) is 0 Å². The van der Waals surface area contributed by atoms with Gasteiger partial charge < -0.3 is 9.47 Å². The summed E-state index contributed by atoms with van der Waals surface area (Å²) in [4.78, 5) is 0. The summed E-state index contributed by atoms with van der Waals surface area (Å²) in [5.74, 6) is -0.262. The molecule has 0 N–H and O–H groups in total. The van der Waals surface area contributed by atoms with E-state index in [2.05, 4.69) is 46.3 Å². The van der Waals surface area contributed by atoms with Crippen LogP contribution in [-0.4, -0.2) is 19.0 Å². The predicted octanol–water partition coefficient (Wildman–Crippen LogP) is 2.33. The smallest absolute Gasteiger partial charge is 0.168 e. The maximum Gasteiger partial charge on any atom is 0.168 e. The van der Waals surface area contributed by atoms with Crippen LogP contribution in [0.1, 0.15) is 25.7 Å². The largest absolute Gasteiger partial charge is 0.348 e. The highest BCUT2D eigenvalue weighted by Crippen LogP contribution is 2.47. The molecular formula is C16H17BrO2. The second-order valence-electron chi connectivity index (χ2n) is 5.90. The lowest BCUT2D eigenvalue weighted by Crippen LogP contribution is -2.38. The molecule has 0 radical (unpaired) electrons. The van der Waals surface area contributed by atoms with Gasteiger partial charge in [0.1, 0.15) is 0 Å². The van der Waals surface area contributed by atoms with Gasteiger partial charge in [0.05, 0.1) is 13.2 Å². The maximum absolute atomic E-state index is 5.82. The van der Waals surface area contributed by atoms with E-state index in [-0.39, 0.29) is 11.2 Å². The molecule has 0 atom stereocenters. The molecule has 1 heterocycles. The van der Waals surface area contributed by atoms with Gasteiger partial charge in [-0.3, -0.25) is 0 Å². The van der Waals surface area contributed by atoms with E-state index >= 15 is 0 Å². The fourth-order valence-corrected chi connectivity index (χ4v) is 4.01. The van der Waals surface area contributed by atoms with Crippen molar-refractivity contribution in [1.82, 2.24) is 0 Å². The standard InChI is InChI=1S/C16H17BrO2/c17-14-2-1-12-10-15(11-13(12)9-14)3-5-16(6-4-15)18-7-8-19-16/h1-2,9-11H,3-8H2. The lowest BCUT2D eigenvalue weighted by atomic mass is 9.73. The van der Waals surface area contributed by atoms with Crippen molar-refractivity contribution in [1.29, 1.82) is 0 Å². The van der Waals surface area contributed by atoms with E-state index in [0.717, 1.165) is 43.4 Å². The minimum atomic E-state index is -0.262. The SMILES string of the molecule is Brc1ccc2c(c1)=CC1(C=2)CCC2(CC1)OCCO2. The van der Waals surface area contributed by atoms with Crippen molar-refractivity contribution in [2.75, 3.05) is 13.2 Å². The van der Waals surface area contributed by atoms with Gasteiger partial charge in [-0.2, -0.15) is 0 Å². The van der Waals surface area contributed by atoms with Crippen LogP contribution in [0, 0.1) is 5.41 Å². The number of halogens is 1. The van der Waals surface area contributed by atoms with Gasteiger partial charge in [-0.25, -0.2) is 0 Å². The first kappa shape index (κ1) is 12.1. The number of ether oxygens (including phenoxy) is 2. The van der Waals surface area contributed by atoms with Crippen LogP contribution in [0.4, 0.5) is 0 Å². The van der Waals surface area contributed by atoms with Crippen molar-refractivity contribution in [3.05, 3.63) is 33.1 Å². The Morgan fingerprint density at radius 3 is 2.32 bits per heavy atom. The normalized spacial score (nSPS) is 26.2. The lowest BCUT2D eigenvalue weighted by molar-refractivity contribution is -0.183. The topological polar surface area (TPSA) is 18.5 Å². The highest BCUT2D eigenvalue weighted by molar-refractivity contribution is 9.10. The van der Waals surface area contributed by atoms with Crippen LogP contribution in [-0.2, 0) is 9.47 Å². The molecule has 1 aromatic carbocycles. The average Bonchev–Trinajstić information content (AvgIpc) is 2.98. The third kappa shape index (κ3) is 1.99. The van der Waals surface area contributed by atoms with E-state index < -0.39 is 0 Å². The van der Waals surface area contributed by atoms with Crippen LogP contribution in [0.2, 0.25) is 0 Å². The molecule has 0 amide bonds. The first-order chi connectivity index (χ1) is 9.19. The number of hydrogen-bond acceptors (Lipinski definition) is 2. The molecule has 1 saturated heterocycles. The molecule has 2 nitrogen and oxygen atoms in total. The lowest BCUT2D eigenvalue weighted by Gasteiger charge is -2.39. The first-order valence-corrected chi connectivity index (χ1v) is 7.77. The Morgan fingerprint density at radius 1 is 0.895 bits per heavy atom. The summed E-state index contributed by atoms with van der Waals surface area (Å²) >= 11 is 3.55. The first-order valence-electron chi connectivity index (χ1n) is 6.98. The summed E-state index contributed by atoms with van der Waals surface area (Å²) in [7, 11) is 0. The molecule has 100 valence electrons. The summed E-state index contributed by atoms with van der Waals surface area (Å²) in [5, 5.41) is 2.73. The van der Waals surface area contributed by atoms with Crippen molar-refractivity contribution in [2.45, 2.75) is 31.5 Å². The molecule has 1 saturated carbocycles. The Bertz CT molecular complexity index is 619. The van der Waals surface area contributed by atoms with Crippen LogP contribution in [0.5, 0.6) is 0 Å². The Kier molecular flexibility index (Phi) is 2.66. The Morgan fingerprint density at radius 2 is 1.58 bits per heavy atom.